The Morgan fingerprint density at radius 2 is 1.93 bits per heavy atom. The Labute approximate surface area is 185 Å². The van der Waals surface area contributed by atoms with Gasteiger partial charge in [-0.1, -0.05) is 34.4 Å². The number of hydrogen-bond donors (Lipinski definition) is 2. The van der Waals surface area contributed by atoms with E-state index >= 15 is 0 Å². The Bertz CT molecular complexity index is 1070. The first kappa shape index (κ1) is 21.0. The van der Waals surface area contributed by atoms with Gasteiger partial charge < -0.3 is 19.8 Å². The van der Waals surface area contributed by atoms with Crippen LogP contribution in [0.15, 0.2) is 22.7 Å². The van der Waals surface area contributed by atoms with Gasteiger partial charge in [0.05, 0.1) is 10.0 Å². The molecule has 0 aliphatic carbocycles. The summed E-state index contributed by atoms with van der Waals surface area (Å²) in [4.78, 5) is 38.7. The van der Waals surface area contributed by atoms with E-state index in [2.05, 4.69) is 10.5 Å². The molecule has 0 saturated carbocycles. The van der Waals surface area contributed by atoms with Crippen LogP contribution in [-0.4, -0.2) is 55.2 Å². The number of aromatic nitrogens is 1. The van der Waals surface area contributed by atoms with Gasteiger partial charge in [-0.15, -0.1) is 11.8 Å². The molecule has 2 fully saturated rings. The van der Waals surface area contributed by atoms with Crippen molar-refractivity contribution in [1.29, 1.82) is 0 Å². The average molecular weight is 470 g/mol. The molecular weight excluding hydrogens is 453 g/mol. The number of β-lactam (4-membered cyclic amide) rings is 1. The highest BCUT2D eigenvalue weighted by molar-refractivity contribution is 8.01. The van der Waals surface area contributed by atoms with Gasteiger partial charge in [-0.25, -0.2) is 4.79 Å². The molecule has 3 atom stereocenters. The van der Waals surface area contributed by atoms with Crippen LogP contribution in [-0.2, 0) is 9.59 Å². The Balaban J connectivity index is 1.62. The molecule has 2 aliphatic heterocycles. The third-order valence-electron chi connectivity index (χ3n) is 5.25. The second-order valence-electron chi connectivity index (χ2n) is 7.61. The number of benzene rings is 1. The molecule has 1 aromatic carbocycles. The minimum Gasteiger partial charge on any atom is -0.480 e. The van der Waals surface area contributed by atoms with Crippen LogP contribution in [0.1, 0.15) is 30.0 Å². The second kappa shape index (κ2) is 7.18. The van der Waals surface area contributed by atoms with Crippen LogP contribution in [0.25, 0.3) is 11.3 Å². The van der Waals surface area contributed by atoms with E-state index < -0.39 is 40.0 Å². The fourth-order valence-electron chi connectivity index (χ4n) is 3.89. The molecule has 2 N–H and O–H groups in total. The van der Waals surface area contributed by atoms with Gasteiger partial charge in [0.15, 0.2) is 0 Å². The lowest BCUT2D eigenvalue weighted by Crippen LogP contribution is -2.70. The molecule has 1 aromatic heterocycles. The molecule has 8 nitrogen and oxygen atoms in total. The summed E-state index contributed by atoms with van der Waals surface area (Å²) >= 11 is 13.8. The van der Waals surface area contributed by atoms with Crippen molar-refractivity contribution in [3.8, 4) is 11.3 Å². The summed E-state index contributed by atoms with van der Waals surface area (Å²) in [5, 5.41) is 16.3. The Hall–Kier alpha value is -2.23. The molecule has 0 bridgehead atoms. The molecule has 158 valence electrons. The molecule has 30 heavy (non-hydrogen) atoms. The third-order valence-corrected chi connectivity index (χ3v) is 7.45. The van der Waals surface area contributed by atoms with Gasteiger partial charge in [-0.05, 0) is 32.9 Å². The van der Waals surface area contributed by atoms with Crippen LogP contribution in [0.4, 0.5) is 0 Å². The molecule has 0 spiro atoms. The topological polar surface area (TPSA) is 113 Å². The number of carboxylic acids is 1. The van der Waals surface area contributed by atoms with E-state index in [0.29, 0.717) is 15.6 Å². The Morgan fingerprint density at radius 3 is 2.53 bits per heavy atom. The number of fused-ring (bicyclic) bond motifs is 1. The summed E-state index contributed by atoms with van der Waals surface area (Å²) in [6, 6.07) is 3.09. The first-order valence-electron chi connectivity index (χ1n) is 8.99. The molecule has 2 aromatic rings. The fraction of sp³-hybridized carbons (Fsp3) is 0.368. The molecule has 0 unspecified atom stereocenters. The molecular formula is C19H17Cl2N3O5S. The fourth-order valence-corrected chi connectivity index (χ4v) is 6.09. The number of nitrogens with one attached hydrogen (secondary N) is 1. The molecule has 2 saturated heterocycles. The number of rotatable bonds is 4. The van der Waals surface area contributed by atoms with E-state index in [1.165, 1.54) is 16.7 Å². The van der Waals surface area contributed by atoms with Crippen molar-refractivity contribution in [3.05, 3.63) is 39.6 Å². The van der Waals surface area contributed by atoms with Gasteiger partial charge in [-0.3, -0.25) is 9.59 Å². The smallest absolute Gasteiger partial charge is 0.327 e. The van der Waals surface area contributed by atoms with Crippen LogP contribution < -0.4 is 5.32 Å². The summed E-state index contributed by atoms with van der Waals surface area (Å²) in [7, 11) is 0. The van der Waals surface area contributed by atoms with Crippen molar-refractivity contribution in [2.24, 2.45) is 0 Å². The number of hydrogen-bond acceptors (Lipinski definition) is 6. The minimum absolute atomic E-state index is 0.119. The average Bonchev–Trinajstić information content (AvgIpc) is 3.14. The number of aryl methyl sites for hydroxylation is 1. The van der Waals surface area contributed by atoms with E-state index in [9.17, 15) is 19.5 Å². The van der Waals surface area contributed by atoms with E-state index in [4.69, 9.17) is 27.7 Å². The minimum atomic E-state index is -1.07. The highest BCUT2D eigenvalue weighted by Gasteiger charge is 2.64. The van der Waals surface area contributed by atoms with Crippen LogP contribution >= 0.6 is 35.0 Å². The van der Waals surface area contributed by atoms with Gasteiger partial charge in [0.1, 0.15) is 34.5 Å². The van der Waals surface area contributed by atoms with Crippen LogP contribution in [0.5, 0.6) is 0 Å². The maximum absolute atomic E-state index is 13.1. The highest BCUT2D eigenvalue weighted by Crippen LogP contribution is 2.51. The van der Waals surface area contributed by atoms with Gasteiger partial charge in [0, 0.05) is 10.3 Å². The number of carboxylic acid groups (broad SMARTS) is 1. The molecule has 2 aliphatic rings. The number of aliphatic carboxylic acids is 1. The maximum Gasteiger partial charge on any atom is 0.327 e. The van der Waals surface area contributed by atoms with Crippen LogP contribution in [0, 0.1) is 6.92 Å². The molecule has 2 amide bonds. The van der Waals surface area contributed by atoms with Crippen molar-refractivity contribution in [3.63, 3.8) is 0 Å². The molecule has 3 heterocycles. The van der Waals surface area contributed by atoms with Gasteiger partial charge in [0.2, 0.25) is 5.91 Å². The van der Waals surface area contributed by atoms with Crippen molar-refractivity contribution < 1.29 is 24.0 Å². The number of amides is 2. The number of carbonyl (C=O) groups is 3. The van der Waals surface area contributed by atoms with E-state index in [1.54, 1.807) is 39.0 Å². The lowest BCUT2D eigenvalue weighted by atomic mass is 9.95. The Kier molecular flexibility index (Phi) is 5.03. The van der Waals surface area contributed by atoms with Gasteiger partial charge >= 0.3 is 5.97 Å². The van der Waals surface area contributed by atoms with Crippen molar-refractivity contribution in [2.45, 2.75) is 43.0 Å². The SMILES string of the molecule is Cc1onc(-c2c(Cl)cccc2Cl)c1C(=O)N[C@@H]1C(=O)N2[C@@H](C(=O)O)C(C)(C)S[C@@H]12. The zero-order valence-electron chi connectivity index (χ0n) is 16.1. The van der Waals surface area contributed by atoms with E-state index in [0.717, 1.165) is 0 Å². The summed E-state index contributed by atoms with van der Waals surface area (Å²) in [5.74, 6) is -1.84. The standard InChI is InChI=1S/C19H17Cl2N3O5S/c1-7-10(12(23-29-7)11-8(20)5-4-6-9(11)21)15(25)22-13-16(26)24-14(18(27)28)19(2,3)30-17(13)24/h4-6,13-14,17H,1-3H3,(H,22,25)(H,27,28)/t13-,14+,17+/m1/s1. The molecule has 11 heteroatoms. The predicted octanol–water partition coefficient (Wildman–Crippen LogP) is 3.20. The second-order valence-corrected chi connectivity index (χ2v) is 10.2. The first-order chi connectivity index (χ1) is 14.0. The quantitative estimate of drug-likeness (QED) is 0.660. The maximum atomic E-state index is 13.1. The molecule has 4 rings (SSSR count). The lowest BCUT2D eigenvalue weighted by Gasteiger charge is -2.43. The van der Waals surface area contributed by atoms with E-state index in [-0.39, 0.29) is 17.0 Å². The van der Waals surface area contributed by atoms with Crippen molar-refractivity contribution in [1.82, 2.24) is 15.4 Å². The monoisotopic (exact) mass is 469 g/mol. The van der Waals surface area contributed by atoms with Gasteiger partial charge in [-0.2, -0.15) is 0 Å². The zero-order valence-corrected chi connectivity index (χ0v) is 18.4. The summed E-state index contributed by atoms with van der Waals surface area (Å²) in [5.41, 5.74) is 0.645. The van der Waals surface area contributed by atoms with Crippen LogP contribution in [0.3, 0.4) is 0 Å². The van der Waals surface area contributed by atoms with Crippen LogP contribution in [0.2, 0.25) is 10.0 Å². The zero-order chi connectivity index (χ0) is 22.0. The molecule has 0 radical (unpaired) electrons. The largest absolute Gasteiger partial charge is 0.480 e. The van der Waals surface area contributed by atoms with Crippen molar-refractivity contribution in [2.75, 3.05) is 0 Å². The normalized spacial score (nSPS) is 24.4. The Morgan fingerprint density at radius 1 is 1.30 bits per heavy atom. The number of halogens is 2. The summed E-state index contributed by atoms with van der Waals surface area (Å²) < 4.78 is 4.52. The lowest BCUT2D eigenvalue weighted by molar-refractivity contribution is -0.159. The predicted molar refractivity (Wildman–Crippen MR) is 112 cm³/mol. The first-order valence-corrected chi connectivity index (χ1v) is 10.6. The van der Waals surface area contributed by atoms with Crippen molar-refractivity contribution >= 4 is 52.7 Å². The number of nitrogens with zero attached hydrogens (tertiary/aromatic N) is 2. The highest BCUT2D eigenvalue weighted by atomic mass is 35.5. The van der Waals surface area contributed by atoms with E-state index in [1.807, 2.05) is 0 Å². The third kappa shape index (κ3) is 3.07. The summed E-state index contributed by atoms with van der Waals surface area (Å²) in [6.45, 7) is 5.10. The number of carbonyl (C=O) groups excluding carboxylic acids is 2. The summed E-state index contributed by atoms with van der Waals surface area (Å²) in [6.07, 6.45) is 0. The van der Waals surface area contributed by atoms with Gasteiger partial charge in [0.25, 0.3) is 5.91 Å². The number of thioether (sulfide) groups is 1.